The normalized spacial score (nSPS) is 15.6. The van der Waals surface area contributed by atoms with E-state index in [4.69, 9.17) is 0 Å². The number of nitrogens with zero attached hydrogens (tertiary/aromatic N) is 1. The van der Waals surface area contributed by atoms with E-state index in [1.54, 1.807) is 42.5 Å². The summed E-state index contributed by atoms with van der Waals surface area (Å²) in [7, 11) is -3.68. The molecule has 160 valence electrons. The molecule has 1 amide bonds. The molecule has 1 aliphatic rings. The molecule has 0 saturated carbocycles. The molecule has 5 nitrogen and oxygen atoms in total. The van der Waals surface area contributed by atoms with E-state index in [1.807, 2.05) is 45.9 Å². The summed E-state index contributed by atoms with van der Waals surface area (Å²) < 4.78 is 28.0. The van der Waals surface area contributed by atoms with Gasteiger partial charge in [-0.05, 0) is 93.3 Å². The minimum absolute atomic E-state index is 0.210. The molecule has 0 bridgehead atoms. The Labute approximate surface area is 183 Å². The number of rotatable bonds is 4. The van der Waals surface area contributed by atoms with Crippen LogP contribution in [0.15, 0.2) is 65.6 Å². The lowest BCUT2D eigenvalue weighted by Crippen LogP contribution is -2.35. The first kappa shape index (κ1) is 21.1. The van der Waals surface area contributed by atoms with E-state index in [0.29, 0.717) is 17.7 Å². The van der Waals surface area contributed by atoms with Crippen LogP contribution in [0, 0.1) is 20.8 Å². The summed E-state index contributed by atoms with van der Waals surface area (Å²) in [6.07, 6.45) is 0.561. The van der Waals surface area contributed by atoms with Crippen molar-refractivity contribution >= 4 is 27.3 Å². The fourth-order valence-electron chi connectivity index (χ4n) is 3.96. The van der Waals surface area contributed by atoms with E-state index >= 15 is 0 Å². The molecule has 1 atom stereocenters. The number of carbonyl (C=O) groups is 1. The average molecular weight is 435 g/mol. The highest BCUT2D eigenvalue weighted by atomic mass is 32.2. The van der Waals surface area contributed by atoms with E-state index in [2.05, 4.69) is 5.32 Å². The third-order valence-corrected chi connectivity index (χ3v) is 7.78. The molecule has 31 heavy (non-hydrogen) atoms. The van der Waals surface area contributed by atoms with Crippen LogP contribution in [0.2, 0.25) is 0 Å². The highest BCUT2D eigenvalue weighted by Gasteiger charge is 2.36. The summed E-state index contributed by atoms with van der Waals surface area (Å²) in [6, 6.07) is 17.7. The van der Waals surface area contributed by atoms with E-state index in [9.17, 15) is 13.2 Å². The van der Waals surface area contributed by atoms with Crippen molar-refractivity contribution in [1.29, 1.82) is 0 Å². The van der Waals surface area contributed by atoms with Gasteiger partial charge in [0.1, 0.15) is 0 Å². The molecule has 4 rings (SSSR count). The van der Waals surface area contributed by atoms with Gasteiger partial charge in [-0.25, -0.2) is 8.42 Å². The summed E-state index contributed by atoms with van der Waals surface area (Å²) >= 11 is 0. The van der Waals surface area contributed by atoms with Crippen LogP contribution in [0.5, 0.6) is 0 Å². The summed E-state index contributed by atoms with van der Waals surface area (Å²) in [6.45, 7) is 7.85. The van der Waals surface area contributed by atoms with E-state index < -0.39 is 10.0 Å². The van der Waals surface area contributed by atoms with Crippen LogP contribution in [-0.4, -0.2) is 20.4 Å². The van der Waals surface area contributed by atoms with Gasteiger partial charge in [0, 0.05) is 17.3 Å². The number of aryl methyl sites for hydroxylation is 3. The molecule has 0 unspecified atom stereocenters. The van der Waals surface area contributed by atoms with Gasteiger partial charge < -0.3 is 5.32 Å². The number of anilines is 2. The van der Waals surface area contributed by atoms with Crippen LogP contribution in [0.3, 0.4) is 0 Å². The number of hydrogen-bond acceptors (Lipinski definition) is 3. The summed E-state index contributed by atoms with van der Waals surface area (Å²) in [5, 5.41) is 2.93. The maximum Gasteiger partial charge on any atom is 0.264 e. The Morgan fingerprint density at radius 2 is 1.65 bits per heavy atom. The van der Waals surface area contributed by atoms with Crippen LogP contribution < -0.4 is 9.62 Å². The molecule has 1 aliphatic heterocycles. The van der Waals surface area contributed by atoms with Crippen molar-refractivity contribution in [1.82, 2.24) is 0 Å². The van der Waals surface area contributed by atoms with Gasteiger partial charge in [0.05, 0.1) is 10.6 Å². The van der Waals surface area contributed by atoms with Crippen molar-refractivity contribution in [3.63, 3.8) is 0 Å². The molecule has 0 saturated heterocycles. The number of carbonyl (C=O) groups excluding carboxylic acids is 1. The van der Waals surface area contributed by atoms with Gasteiger partial charge in [-0.1, -0.05) is 23.8 Å². The molecule has 1 N–H and O–H groups in total. The fourth-order valence-corrected chi connectivity index (χ4v) is 5.65. The third-order valence-electron chi connectivity index (χ3n) is 5.84. The smallest absolute Gasteiger partial charge is 0.264 e. The van der Waals surface area contributed by atoms with Gasteiger partial charge in [0.25, 0.3) is 15.9 Å². The van der Waals surface area contributed by atoms with E-state index in [0.717, 1.165) is 22.4 Å². The first-order chi connectivity index (χ1) is 14.7. The predicted molar refractivity (Wildman–Crippen MR) is 124 cm³/mol. The Bertz CT molecular complexity index is 1260. The molecule has 0 radical (unpaired) electrons. The quantitative estimate of drug-likeness (QED) is 0.628. The standard InChI is InChI=1S/C25H26N2O3S/c1-16-5-10-23(11-6-16)31(29,30)27-19(4)14-21-15-20(8-12-24(21)27)25(28)26-22-9-7-17(2)18(3)13-22/h5-13,15,19H,14H2,1-4H3,(H,26,28)/t19-/m1/s1. The van der Waals surface area contributed by atoms with Gasteiger partial charge in [-0.3, -0.25) is 9.10 Å². The maximum absolute atomic E-state index is 13.3. The first-order valence-electron chi connectivity index (χ1n) is 10.3. The van der Waals surface area contributed by atoms with Crippen LogP contribution >= 0.6 is 0 Å². The van der Waals surface area contributed by atoms with Gasteiger partial charge in [-0.15, -0.1) is 0 Å². The van der Waals surface area contributed by atoms with Crippen molar-refractivity contribution < 1.29 is 13.2 Å². The minimum atomic E-state index is -3.68. The second kappa shape index (κ2) is 7.85. The average Bonchev–Trinajstić information content (AvgIpc) is 3.06. The number of fused-ring (bicyclic) bond motifs is 1. The molecule has 0 aliphatic carbocycles. The zero-order valence-electron chi connectivity index (χ0n) is 18.1. The van der Waals surface area contributed by atoms with Crippen LogP contribution in [0.25, 0.3) is 0 Å². The molecule has 0 aromatic heterocycles. The number of sulfonamides is 1. The minimum Gasteiger partial charge on any atom is -0.322 e. The van der Waals surface area contributed by atoms with Crippen LogP contribution in [-0.2, 0) is 16.4 Å². The summed E-state index contributed by atoms with van der Waals surface area (Å²) in [4.78, 5) is 13.1. The zero-order valence-corrected chi connectivity index (χ0v) is 19.0. The van der Waals surface area contributed by atoms with Gasteiger partial charge in [-0.2, -0.15) is 0 Å². The lowest BCUT2D eigenvalue weighted by atomic mass is 10.1. The molecule has 0 spiro atoms. The first-order valence-corrected chi connectivity index (χ1v) is 11.7. The molecular weight excluding hydrogens is 408 g/mol. The Morgan fingerprint density at radius 1 is 0.935 bits per heavy atom. The second-order valence-corrected chi connectivity index (χ2v) is 10.1. The van der Waals surface area contributed by atoms with Crippen molar-refractivity contribution in [2.45, 2.75) is 45.1 Å². The van der Waals surface area contributed by atoms with Gasteiger partial charge in [0.2, 0.25) is 0 Å². The topological polar surface area (TPSA) is 66.5 Å². The molecule has 0 fully saturated rings. The monoisotopic (exact) mass is 434 g/mol. The zero-order chi connectivity index (χ0) is 22.3. The Hall–Kier alpha value is -3.12. The number of nitrogens with one attached hydrogen (secondary N) is 1. The number of benzene rings is 3. The van der Waals surface area contributed by atoms with Gasteiger partial charge >= 0.3 is 0 Å². The third kappa shape index (κ3) is 3.95. The van der Waals surface area contributed by atoms with Gasteiger partial charge in [0.15, 0.2) is 0 Å². The molecule has 1 heterocycles. The number of amides is 1. The summed E-state index contributed by atoms with van der Waals surface area (Å²) in [5.74, 6) is -0.210. The molecule has 6 heteroatoms. The maximum atomic E-state index is 13.3. The highest BCUT2D eigenvalue weighted by molar-refractivity contribution is 7.92. The Morgan fingerprint density at radius 3 is 2.32 bits per heavy atom. The van der Waals surface area contributed by atoms with Crippen LogP contribution in [0.4, 0.5) is 11.4 Å². The van der Waals surface area contributed by atoms with Crippen molar-refractivity contribution in [3.8, 4) is 0 Å². The fraction of sp³-hybridized carbons (Fsp3) is 0.240. The SMILES string of the molecule is Cc1ccc(S(=O)(=O)N2c3ccc(C(=O)Nc4ccc(C)c(C)c4)cc3C[C@H]2C)cc1. The lowest BCUT2D eigenvalue weighted by molar-refractivity contribution is 0.102. The highest BCUT2D eigenvalue weighted by Crippen LogP contribution is 2.37. The number of hydrogen-bond donors (Lipinski definition) is 1. The van der Waals surface area contributed by atoms with Crippen molar-refractivity contribution in [3.05, 3.63) is 88.5 Å². The molecule has 3 aromatic rings. The van der Waals surface area contributed by atoms with E-state index in [-0.39, 0.29) is 16.8 Å². The summed E-state index contributed by atoms with van der Waals surface area (Å²) in [5.41, 5.74) is 6.03. The largest absolute Gasteiger partial charge is 0.322 e. The van der Waals surface area contributed by atoms with E-state index in [1.165, 1.54) is 9.87 Å². The van der Waals surface area contributed by atoms with Crippen molar-refractivity contribution in [2.24, 2.45) is 0 Å². The Kier molecular flexibility index (Phi) is 5.35. The second-order valence-electron chi connectivity index (χ2n) is 8.26. The lowest BCUT2D eigenvalue weighted by Gasteiger charge is -2.24. The predicted octanol–water partition coefficient (Wildman–Crippen LogP) is 5.00. The molecular formula is C25H26N2O3S. The van der Waals surface area contributed by atoms with Crippen molar-refractivity contribution in [2.75, 3.05) is 9.62 Å². The molecule has 3 aromatic carbocycles. The Balaban J connectivity index is 1.62. The van der Waals surface area contributed by atoms with Crippen LogP contribution in [0.1, 0.15) is 39.5 Å².